The highest BCUT2D eigenvalue weighted by Crippen LogP contribution is 2.30. The maximum Gasteiger partial charge on any atom is 0.251 e. The third-order valence-electron chi connectivity index (χ3n) is 5.28. The van der Waals surface area contributed by atoms with Crippen LogP contribution in [0.15, 0.2) is 60.7 Å². The van der Waals surface area contributed by atoms with Gasteiger partial charge in [-0.25, -0.2) is 0 Å². The molecule has 1 fully saturated rings. The molecule has 0 saturated heterocycles. The van der Waals surface area contributed by atoms with Crippen molar-refractivity contribution in [2.75, 3.05) is 7.11 Å². The van der Waals surface area contributed by atoms with E-state index in [-0.39, 0.29) is 11.9 Å². The predicted octanol–water partition coefficient (Wildman–Crippen LogP) is 5.01. The maximum absolute atomic E-state index is 12.6. The van der Waals surface area contributed by atoms with Crippen LogP contribution in [0.25, 0.3) is 11.3 Å². The number of aromatic nitrogens is 2. The van der Waals surface area contributed by atoms with Crippen molar-refractivity contribution in [3.05, 3.63) is 66.2 Å². The lowest BCUT2D eigenvalue weighted by atomic mass is 9.95. The molecule has 4 rings (SSSR count). The monoisotopic (exact) mass is 403 g/mol. The minimum absolute atomic E-state index is 0.0344. The predicted molar refractivity (Wildman–Crippen MR) is 115 cm³/mol. The van der Waals surface area contributed by atoms with Crippen molar-refractivity contribution in [2.24, 2.45) is 0 Å². The van der Waals surface area contributed by atoms with Crippen LogP contribution < -0.4 is 14.8 Å². The summed E-state index contributed by atoms with van der Waals surface area (Å²) in [7, 11) is 1.59. The number of hydrogen-bond donors (Lipinski definition) is 1. The Bertz CT molecular complexity index is 999. The number of ether oxygens (including phenoxy) is 2. The molecule has 1 aromatic heterocycles. The van der Waals surface area contributed by atoms with Gasteiger partial charge in [-0.3, -0.25) is 4.79 Å². The van der Waals surface area contributed by atoms with Gasteiger partial charge in [-0.05, 0) is 43.2 Å². The van der Waals surface area contributed by atoms with Gasteiger partial charge in [-0.15, -0.1) is 10.2 Å². The second-order valence-electron chi connectivity index (χ2n) is 7.40. The number of nitrogens with zero attached hydrogens (tertiary/aromatic N) is 2. The van der Waals surface area contributed by atoms with Gasteiger partial charge in [0.1, 0.15) is 0 Å². The largest absolute Gasteiger partial charge is 0.493 e. The van der Waals surface area contributed by atoms with Crippen LogP contribution in [-0.4, -0.2) is 29.3 Å². The van der Waals surface area contributed by atoms with Crippen molar-refractivity contribution in [2.45, 2.75) is 38.1 Å². The summed E-state index contributed by atoms with van der Waals surface area (Å²) in [5, 5.41) is 11.6. The summed E-state index contributed by atoms with van der Waals surface area (Å²) in [5.74, 6) is 1.53. The van der Waals surface area contributed by atoms with Crippen LogP contribution in [0.1, 0.15) is 42.5 Å². The zero-order valence-electron chi connectivity index (χ0n) is 17.0. The lowest BCUT2D eigenvalue weighted by molar-refractivity contribution is 0.0927. The molecule has 0 bridgehead atoms. The zero-order valence-corrected chi connectivity index (χ0v) is 17.0. The highest BCUT2D eigenvalue weighted by atomic mass is 16.5. The Morgan fingerprint density at radius 3 is 2.47 bits per heavy atom. The van der Waals surface area contributed by atoms with Gasteiger partial charge in [-0.1, -0.05) is 43.5 Å². The van der Waals surface area contributed by atoms with Crippen molar-refractivity contribution in [1.82, 2.24) is 15.5 Å². The topological polar surface area (TPSA) is 73.3 Å². The summed E-state index contributed by atoms with van der Waals surface area (Å²) >= 11 is 0. The summed E-state index contributed by atoms with van der Waals surface area (Å²) in [5.41, 5.74) is 2.14. The number of methoxy groups -OCH3 is 1. The summed E-state index contributed by atoms with van der Waals surface area (Å²) in [6, 6.07) is 18.7. The molecule has 154 valence electrons. The highest BCUT2D eigenvalue weighted by Gasteiger charge is 2.17. The number of benzene rings is 2. The molecule has 30 heavy (non-hydrogen) atoms. The molecule has 1 aliphatic carbocycles. The van der Waals surface area contributed by atoms with E-state index < -0.39 is 0 Å². The molecule has 1 amide bonds. The van der Waals surface area contributed by atoms with Crippen LogP contribution in [0.4, 0.5) is 0 Å². The van der Waals surface area contributed by atoms with Crippen molar-refractivity contribution < 1.29 is 14.3 Å². The second-order valence-corrected chi connectivity index (χ2v) is 7.40. The number of nitrogens with one attached hydrogen (secondary N) is 1. The molecule has 0 atom stereocenters. The van der Waals surface area contributed by atoms with E-state index in [9.17, 15) is 4.79 Å². The van der Waals surface area contributed by atoms with E-state index in [1.165, 1.54) is 19.3 Å². The highest BCUT2D eigenvalue weighted by molar-refractivity contribution is 5.95. The second kappa shape index (κ2) is 9.39. The van der Waals surface area contributed by atoms with Gasteiger partial charge in [0.05, 0.1) is 12.8 Å². The summed E-state index contributed by atoms with van der Waals surface area (Å²) in [6.07, 6.45) is 5.75. The quantitative estimate of drug-likeness (QED) is 0.626. The molecule has 1 aliphatic rings. The van der Waals surface area contributed by atoms with Gasteiger partial charge in [-0.2, -0.15) is 0 Å². The van der Waals surface area contributed by atoms with E-state index >= 15 is 0 Å². The van der Waals surface area contributed by atoms with Gasteiger partial charge >= 0.3 is 0 Å². The first-order valence-electron chi connectivity index (χ1n) is 10.3. The molecular formula is C24H25N3O3. The molecule has 1 N–H and O–H groups in total. The fourth-order valence-electron chi connectivity index (χ4n) is 3.68. The van der Waals surface area contributed by atoms with Gasteiger partial charge in [0.25, 0.3) is 5.91 Å². The molecule has 1 saturated carbocycles. The van der Waals surface area contributed by atoms with Crippen molar-refractivity contribution in [3.8, 4) is 28.6 Å². The number of para-hydroxylation sites is 2. The zero-order chi connectivity index (χ0) is 20.8. The van der Waals surface area contributed by atoms with Crippen molar-refractivity contribution >= 4 is 5.91 Å². The van der Waals surface area contributed by atoms with Gasteiger partial charge in [0, 0.05) is 23.2 Å². The van der Waals surface area contributed by atoms with Crippen molar-refractivity contribution in [1.29, 1.82) is 0 Å². The fraction of sp³-hybridized carbons (Fsp3) is 0.292. The molecule has 0 unspecified atom stereocenters. The minimum Gasteiger partial charge on any atom is -0.493 e. The lowest BCUT2D eigenvalue weighted by Crippen LogP contribution is -2.36. The molecule has 6 heteroatoms. The first kappa shape index (κ1) is 19.9. The standard InChI is InChI=1S/C24H25N3O3/c1-29-21-12-5-6-13-22(21)30-23-15-14-20(26-27-23)17-8-7-9-18(16-17)24(28)25-19-10-3-2-4-11-19/h5-9,12-16,19H,2-4,10-11H2,1H3,(H,25,28). The van der Waals surface area contributed by atoms with Gasteiger partial charge in [0.15, 0.2) is 11.5 Å². The van der Waals surface area contributed by atoms with Crippen LogP contribution in [-0.2, 0) is 0 Å². The van der Waals surface area contributed by atoms with Gasteiger partial charge < -0.3 is 14.8 Å². The van der Waals surface area contributed by atoms with Crippen LogP contribution in [0.5, 0.6) is 17.4 Å². The third-order valence-corrected chi connectivity index (χ3v) is 5.28. The number of rotatable bonds is 6. The van der Waals surface area contributed by atoms with E-state index in [1.54, 1.807) is 13.2 Å². The van der Waals surface area contributed by atoms with Gasteiger partial charge in [0.2, 0.25) is 5.88 Å². The molecule has 2 aromatic carbocycles. The molecular weight excluding hydrogens is 378 g/mol. The lowest BCUT2D eigenvalue weighted by Gasteiger charge is -2.22. The normalized spacial score (nSPS) is 14.2. The molecule has 0 radical (unpaired) electrons. The SMILES string of the molecule is COc1ccccc1Oc1ccc(-c2cccc(C(=O)NC3CCCCC3)c2)nn1. The summed E-state index contributed by atoms with van der Waals surface area (Å²) in [6.45, 7) is 0. The minimum atomic E-state index is -0.0344. The van der Waals surface area contributed by atoms with E-state index in [0.29, 0.717) is 28.6 Å². The molecule has 3 aromatic rings. The Kier molecular flexibility index (Phi) is 6.23. The summed E-state index contributed by atoms with van der Waals surface area (Å²) < 4.78 is 11.1. The smallest absolute Gasteiger partial charge is 0.251 e. The first-order valence-corrected chi connectivity index (χ1v) is 10.3. The fourth-order valence-corrected chi connectivity index (χ4v) is 3.68. The third kappa shape index (κ3) is 4.76. The van der Waals surface area contributed by atoms with E-state index in [4.69, 9.17) is 9.47 Å². The Morgan fingerprint density at radius 1 is 0.933 bits per heavy atom. The number of carbonyl (C=O) groups is 1. The maximum atomic E-state index is 12.6. The van der Waals surface area contributed by atoms with Crippen LogP contribution in [0.2, 0.25) is 0 Å². The van der Waals surface area contributed by atoms with E-state index in [2.05, 4.69) is 15.5 Å². The van der Waals surface area contributed by atoms with Crippen LogP contribution in [0.3, 0.4) is 0 Å². The Balaban J connectivity index is 1.46. The Labute approximate surface area is 176 Å². The summed E-state index contributed by atoms with van der Waals surface area (Å²) in [4.78, 5) is 12.6. The number of carbonyl (C=O) groups excluding carboxylic acids is 1. The molecule has 1 heterocycles. The number of amides is 1. The molecule has 0 aliphatic heterocycles. The molecule has 0 spiro atoms. The van der Waals surface area contributed by atoms with E-state index in [0.717, 1.165) is 18.4 Å². The first-order chi connectivity index (χ1) is 14.7. The average Bonchev–Trinajstić information content (AvgIpc) is 2.81. The Morgan fingerprint density at radius 2 is 1.73 bits per heavy atom. The van der Waals surface area contributed by atoms with E-state index in [1.807, 2.05) is 54.6 Å². The number of hydrogen-bond acceptors (Lipinski definition) is 5. The van der Waals surface area contributed by atoms with Crippen LogP contribution >= 0.6 is 0 Å². The van der Waals surface area contributed by atoms with Crippen molar-refractivity contribution in [3.63, 3.8) is 0 Å². The average molecular weight is 403 g/mol. The Hall–Kier alpha value is -3.41. The van der Waals surface area contributed by atoms with Crippen LogP contribution in [0, 0.1) is 0 Å². The molecule has 6 nitrogen and oxygen atoms in total.